The third-order valence-electron chi connectivity index (χ3n) is 2.63. The van der Waals surface area contributed by atoms with Crippen molar-refractivity contribution >= 4 is 43.2 Å². The molecule has 1 nitrogen and oxygen atoms in total. The van der Waals surface area contributed by atoms with Crippen molar-refractivity contribution in [2.24, 2.45) is 0 Å². The first-order chi connectivity index (χ1) is 8.19. The summed E-state index contributed by atoms with van der Waals surface area (Å²) in [5.74, 6) is 0. The molecule has 0 bridgehead atoms. The van der Waals surface area contributed by atoms with Crippen molar-refractivity contribution in [3.8, 4) is 0 Å². The molecule has 0 radical (unpaired) electrons. The molecule has 1 atom stereocenters. The second-order valence-electron chi connectivity index (χ2n) is 3.83. The summed E-state index contributed by atoms with van der Waals surface area (Å²) in [6, 6.07) is 11.0. The normalized spacial score (nSPS) is 12.6. The third-order valence-corrected chi connectivity index (χ3v) is 4.84. The Morgan fingerprint density at radius 2 is 2.06 bits per heavy atom. The predicted octanol–water partition coefficient (Wildman–Crippen LogP) is 4.78. The van der Waals surface area contributed by atoms with E-state index in [1.165, 1.54) is 14.9 Å². The predicted molar refractivity (Wildman–Crippen MR) is 81.7 cm³/mol. The van der Waals surface area contributed by atoms with Crippen LogP contribution in [0.2, 0.25) is 0 Å². The summed E-state index contributed by atoms with van der Waals surface area (Å²) < 4.78 is 2.30. The van der Waals surface area contributed by atoms with E-state index >= 15 is 0 Å². The second kappa shape index (κ2) is 6.14. The Kier molecular flexibility index (Phi) is 4.79. The summed E-state index contributed by atoms with van der Waals surface area (Å²) in [5.41, 5.74) is 1.31. The lowest BCUT2D eigenvalue weighted by atomic mass is 10.0. The Morgan fingerprint density at radius 3 is 2.65 bits per heavy atom. The van der Waals surface area contributed by atoms with Gasteiger partial charge in [0.2, 0.25) is 0 Å². The van der Waals surface area contributed by atoms with E-state index < -0.39 is 0 Å². The lowest BCUT2D eigenvalue weighted by molar-refractivity contribution is 0.596. The van der Waals surface area contributed by atoms with Crippen LogP contribution in [-0.2, 0) is 6.42 Å². The summed E-state index contributed by atoms with van der Waals surface area (Å²) in [5, 5.41) is 5.50. The van der Waals surface area contributed by atoms with Crippen molar-refractivity contribution in [1.29, 1.82) is 0 Å². The number of rotatable bonds is 4. The maximum atomic E-state index is 3.52. The molecule has 2 aromatic rings. The summed E-state index contributed by atoms with van der Waals surface area (Å²) in [4.78, 5) is 1.39. The SMILES string of the molecule is CNC(Cc1cc(Br)cs1)c1cccc(Br)c1. The summed E-state index contributed by atoms with van der Waals surface area (Å²) in [6.45, 7) is 0. The lowest BCUT2D eigenvalue weighted by Crippen LogP contribution is -2.18. The lowest BCUT2D eigenvalue weighted by Gasteiger charge is -2.16. The van der Waals surface area contributed by atoms with Crippen molar-refractivity contribution in [2.75, 3.05) is 7.05 Å². The zero-order chi connectivity index (χ0) is 12.3. The Hall–Kier alpha value is -0.160. The molecule has 1 unspecified atom stereocenters. The van der Waals surface area contributed by atoms with Crippen LogP contribution < -0.4 is 5.32 Å². The Bertz CT molecular complexity index is 496. The van der Waals surface area contributed by atoms with Crippen molar-refractivity contribution < 1.29 is 0 Å². The maximum absolute atomic E-state index is 3.52. The first-order valence-electron chi connectivity index (χ1n) is 5.34. The van der Waals surface area contributed by atoms with Gasteiger partial charge in [-0.1, -0.05) is 28.1 Å². The molecule has 0 saturated heterocycles. The van der Waals surface area contributed by atoms with Crippen LogP contribution >= 0.6 is 43.2 Å². The van der Waals surface area contributed by atoms with Crippen LogP contribution in [-0.4, -0.2) is 7.05 Å². The molecule has 1 aromatic carbocycles. The van der Waals surface area contributed by atoms with E-state index in [9.17, 15) is 0 Å². The minimum atomic E-state index is 0.359. The van der Waals surface area contributed by atoms with E-state index in [4.69, 9.17) is 0 Å². The van der Waals surface area contributed by atoms with Gasteiger partial charge >= 0.3 is 0 Å². The van der Waals surface area contributed by atoms with Crippen LogP contribution in [0, 0.1) is 0 Å². The van der Waals surface area contributed by atoms with E-state index in [1.54, 1.807) is 11.3 Å². The van der Waals surface area contributed by atoms with E-state index in [0.717, 1.165) is 10.9 Å². The fraction of sp³-hybridized carbons (Fsp3) is 0.231. The molecule has 90 valence electrons. The molecule has 0 aliphatic heterocycles. The number of likely N-dealkylation sites (N-methyl/N-ethyl adjacent to an activating group) is 1. The van der Waals surface area contributed by atoms with Gasteiger partial charge in [0.15, 0.2) is 0 Å². The zero-order valence-corrected chi connectivity index (χ0v) is 13.4. The molecular formula is C13H13Br2NS. The Morgan fingerprint density at radius 1 is 1.24 bits per heavy atom. The van der Waals surface area contributed by atoms with Gasteiger partial charge in [-0.3, -0.25) is 0 Å². The maximum Gasteiger partial charge on any atom is 0.0366 e. The molecule has 0 spiro atoms. The molecule has 0 aliphatic carbocycles. The fourth-order valence-electron chi connectivity index (χ4n) is 1.77. The second-order valence-corrected chi connectivity index (χ2v) is 6.66. The number of hydrogen-bond acceptors (Lipinski definition) is 2. The molecule has 1 N–H and O–H groups in total. The van der Waals surface area contributed by atoms with Gasteiger partial charge in [-0.2, -0.15) is 0 Å². The molecule has 4 heteroatoms. The molecule has 0 aliphatic rings. The van der Waals surface area contributed by atoms with E-state index in [1.807, 2.05) is 7.05 Å². The molecule has 0 fully saturated rings. The van der Waals surface area contributed by atoms with E-state index in [0.29, 0.717) is 6.04 Å². The van der Waals surface area contributed by atoms with Crippen LogP contribution in [0.5, 0.6) is 0 Å². The molecule has 2 rings (SSSR count). The smallest absolute Gasteiger partial charge is 0.0366 e. The first kappa shape index (κ1) is 13.3. The molecule has 0 amide bonds. The minimum Gasteiger partial charge on any atom is -0.313 e. The van der Waals surface area contributed by atoms with Gasteiger partial charge in [-0.05, 0) is 46.7 Å². The summed E-state index contributed by atoms with van der Waals surface area (Å²) in [6.07, 6.45) is 1.02. The molecule has 0 saturated carbocycles. The standard InChI is InChI=1S/C13H13Br2NS/c1-16-13(7-12-6-11(15)8-17-12)9-3-2-4-10(14)5-9/h2-6,8,13,16H,7H2,1H3. The number of halogens is 2. The van der Waals surface area contributed by atoms with Gasteiger partial charge in [-0.15, -0.1) is 11.3 Å². The molecule has 17 heavy (non-hydrogen) atoms. The van der Waals surface area contributed by atoms with Crippen molar-refractivity contribution in [3.63, 3.8) is 0 Å². The quantitative estimate of drug-likeness (QED) is 0.812. The fourth-order valence-corrected chi connectivity index (χ4v) is 3.69. The average Bonchev–Trinajstić information content (AvgIpc) is 2.72. The van der Waals surface area contributed by atoms with Gasteiger partial charge < -0.3 is 5.32 Å². The van der Waals surface area contributed by atoms with Gasteiger partial charge in [0.25, 0.3) is 0 Å². The largest absolute Gasteiger partial charge is 0.313 e. The Balaban J connectivity index is 2.16. The number of nitrogens with one attached hydrogen (secondary N) is 1. The van der Waals surface area contributed by atoms with Crippen molar-refractivity contribution in [2.45, 2.75) is 12.5 Å². The number of benzene rings is 1. The highest BCUT2D eigenvalue weighted by atomic mass is 79.9. The molecule has 1 aromatic heterocycles. The van der Waals surface area contributed by atoms with Crippen LogP contribution in [0.4, 0.5) is 0 Å². The van der Waals surface area contributed by atoms with Gasteiger partial charge in [0.1, 0.15) is 0 Å². The summed E-state index contributed by atoms with van der Waals surface area (Å²) in [7, 11) is 2.01. The van der Waals surface area contributed by atoms with Crippen LogP contribution in [0.25, 0.3) is 0 Å². The van der Waals surface area contributed by atoms with Gasteiger partial charge in [0.05, 0.1) is 0 Å². The summed E-state index contributed by atoms with van der Waals surface area (Å²) >= 11 is 8.80. The van der Waals surface area contributed by atoms with Crippen LogP contribution in [0.1, 0.15) is 16.5 Å². The van der Waals surface area contributed by atoms with Crippen molar-refractivity contribution in [3.05, 3.63) is 55.1 Å². The molecule has 1 heterocycles. The van der Waals surface area contributed by atoms with Crippen LogP contribution in [0.15, 0.2) is 44.7 Å². The van der Waals surface area contributed by atoms with Gasteiger partial charge in [0, 0.05) is 31.7 Å². The highest BCUT2D eigenvalue weighted by molar-refractivity contribution is 9.10. The van der Waals surface area contributed by atoms with E-state index in [2.05, 4.69) is 72.9 Å². The van der Waals surface area contributed by atoms with E-state index in [-0.39, 0.29) is 0 Å². The number of thiophene rings is 1. The monoisotopic (exact) mass is 373 g/mol. The van der Waals surface area contributed by atoms with Crippen LogP contribution in [0.3, 0.4) is 0 Å². The third kappa shape index (κ3) is 3.65. The van der Waals surface area contributed by atoms with Gasteiger partial charge in [-0.25, -0.2) is 0 Å². The first-order valence-corrected chi connectivity index (χ1v) is 7.81. The zero-order valence-electron chi connectivity index (χ0n) is 9.41. The number of hydrogen-bond donors (Lipinski definition) is 1. The Labute approximate surface area is 123 Å². The highest BCUT2D eigenvalue weighted by Gasteiger charge is 2.11. The molecular weight excluding hydrogens is 362 g/mol. The highest BCUT2D eigenvalue weighted by Crippen LogP contribution is 2.26. The average molecular weight is 375 g/mol. The minimum absolute atomic E-state index is 0.359. The van der Waals surface area contributed by atoms with Crippen molar-refractivity contribution in [1.82, 2.24) is 5.32 Å². The topological polar surface area (TPSA) is 12.0 Å².